The fourth-order valence-corrected chi connectivity index (χ4v) is 4.70. The molecule has 4 aromatic rings. The third-order valence-corrected chi connectivity index (χ3v) is 6.27. The molecule has 1 unspecified atom stereocenters. The fourth-order valence-electron chi connectivity index (χ4n) is 4.70. The molecule has 6 rings (SSSR count). The molecule has 0 saturated heterocycles. The molecule has 0 saturated carbocycles. The average molecular weight is 413 g/mol. The van der Waals surface area contributed by atoms with Gasteiger partial charge >= 0.3 is 0 Å². The molecule has 0 radical (unpaired) electrons. The largest absolute Gasteiger partial charge is 0.497 e. The zero-order valence-electron chi connectivity index (χ0n) is 16.8. The van der Waals surface area contributed by atoms with Crippen molar-refractivity contribution in [2.75, 3.05) is 24.4 Å². The molecule has 7 nitrogen and oxygen atoms in total. The Morgan fingerprint density at radius 3 is 2.74 bits per heavy atom. The topological polar surface area (TPSA) is 90.8 Å². The number of fused-ring (bicyclic) bond motifs is 5. The quantitative estimate of drug-likeness (QED) is 0.551. The lowest BCUT2D eigenvalue weighted by Crippen LogP contribution is -2.42. The van der Waals surface area contributed by atoms with Crippen LogP contribution in [0.15, 0.2) is 65.2 Å². The number of hydrogen-bond donors (Lipinski definition) is 1. The molecule has 3 aromatic carbocycles. The standard InChI is InChI=1S/C24H19N3O4/c1-29-15-8-6-14(7-9-15)12-27-19-5-3-2-4-17(19)24(23(27)28)13-30-21-11-20-16(10-18(21)24)22(25)26-31-20/h2-11H,12-13H2,1H3,(H2,25,26). The molecule has 31 heavy (non-hydrogen) atoms. The van der Waals surface area contributed by atoms with Crippen molar-refractivity contribution in [3.8, 4) is 11.5 Å². The maximum absolute atomic E-state index is 14.0. The maximum Gasteiger partial charge on any atom is 0.246 e. The predicted molar refractivity (Wildman–Crippen MR) is 115 cm³/mol. The second-order valence-electron chi connectivity index (χ2n) is 7.86. The number of aromatic nitrogens is 1. The molecule has 0 bridgehead atoms. The molecular formula is C24H19N3O4. The monoisotopic (exact) mass is 413 g/mol. The van der Waals surface area contributed by atoms with Gasteiger partial charge in [-0.05, 0) is 35.4 Å². The van der Waals surface area contributed by atoms with Gasteiger partial charge in [-0.25, -0.2) is 0 Å². The summed E-state index contributed by atoms with van der Waals surface area (Å²) in [5, 5.41) is 4.52. The Hall–Kier alpha value is -4.00. The first-order chi connectivity index (χ1) is 15.1. The Kier molecular flexibility index (Phi) is 3.59. The van der Waals surface area contributed by atoms with E-state index in [1.165, 1.54) is 0 Å². The Labute approximate surface area is 177 Å². The van der Waals surface area contributed by atoms with Gasteiger partial charge in [0.05, 0.1) is 19.0 Å². The number of rotatable bonds is 3. The van der Waals surface area contributed by atoms with E-state index < -0.39 is 5.41 Å². The van der Waals surface area contributed by atoms with Gasteiger partial charge in [-0.2, -0.15) is 0 Å². The van der Waals surface area contributed by atoms with Gasteiger partial charge in [0.1, 0.15) is 23.5 Å². The Morgan fingerprint density at radius 1 is 1.13 bits per heavy atom. The molecule has 7 heteroatoms. The molecule has 1 amide bonds. The summed E-state index contributed by atoms with van der Waals surface area (Å²) in [6, 6.07) is 19.3. The van der Waals surface area contributed by atoms with E-state index in [4.69, 9.17) is 19.7 Å². The molecule has 0 fully saturated rings. The van der Waals surface area contributed by atoms with E-state index in [1.54, 1.807) is 13.2 Å². The lowest BCUT2D eigenvalue weighted by molar-refractivity contribution is -0.122. The SMILES string of the molecule is COc1ccc(CN2C(=O)C3(COc4cc5onc(N)c5cc43)c3ccccc32)cc1. The Balaban J connectivity index is 1.49. The fraction of sp³-hybridized carbons (Fsp3) is 0.167. The predicted octanol–water partition coefficient (Wildman–Crippen LogP) is 3.64. The van der Waals surface area contributed by atoms with Crippen molar-refractivity contribution in [3.63, 3.8) is 0 Å². The third kappa shape index (κ3) is 2.34. The van der Waals surface area contributed by atoms with Crippen LogP contribution in [0.2, 0.25) is 0 Å². The Morgan fingerprint density at radius 2 is 1.94 bits per heavy atom. The first-order valence-corrected chi connectivity index (χ1v) is 9.98. The van der Waals surface area contributed by atoms with Crippen molar-refractivity contribution in [1.82, 2.24) is 5.16 Å². The normalized spacial score (nSPS) is 19.0. The van der Waals surface area contributed by atoms with E-state index in [0.29, 0.717) is 29.1 Å². The van der Waals surface area contributed by atoms with Crippen LogP contribution < -0.4 is 20.1 Å². The molecule has 154 valence electrons. The second-order valence-corrected chi connectivity index (χ2v) is 7.86. The van der Waals surface area contributed by atoms with E-state index in [9.17, 15) is 4.79 Å². The average Bonchev–Trinajstić information content (AvgIpc) is 3.43. The van der Waals surface area contributed by atoms with Gasteiger partial charge < -0.3 is 24.6 Å². The molecule has 2 aliphatic heterocycles. The van der Waals surface area contributed by atoms with Crippen molar-refractivity contribution in [2.24, 2.45) is 0 Å². The zero-order chi connectivity index (χ0) is 21.2. The van der Waals surface area contributed by atoms with Crippen LogP contribution in [0.5, 0.6) is 11.5 Å². The van der Waals surface area contributed by atoms with Crippen LogP contribution in [0.1, 0.15) is 16.7 Å². The van der Waals surface area contributed by atoms with Gasteiger partial charge in [-0.3, -0.25) is 4.79 Å². The summed E-state index contributed by atoms with van der Waals surface area (Å²) in [6.07, 6.45) is 0. The molecule has 2 aliphatic rings. The molecule has 1 atom stereocenters. The second kappa shape index (κ2) is 6.25. The highest BCUT2D eigenvalue weighted by atomic mass is 16.5. The minimum Gasteiger partial charge on any atom is -0.497 e. The summed E-state index contributed by atoms with van der Waals surface area (Å²) < 4.78 is 16.5. The van der Waals surface area contributed by atoms with Crippen LogP contribution in [0, 0.1) is 0 Å². The van der Waals surface area contributed by atoms with Gasteiger partial charge in [-0.1, -0.05) is 35.5 Å². The highest BCUT2D eigenvalue weighted by molar-refractivity contribution is 6.12. The smallest absolute Gasteiger partial charge is 0.246 e. The number of nitrogens with zero attached hydrogens (tertiary/aromatic N) is 2. The van der Waals surface area contributed by atoms with E-state index in [-0.39, 0.29) is 12.5 Å². The number of benzene rings is 3. The van der Waals surface area contributed by atoms with Crippen LogP contribution >= 0.6 is 0 Å². The van der Waals surface area contributed by atoms with Gasteiger partial charge in [0.25, 0.3) is 0 Å². The first-order valence-electron chi connectivity index (χ1n) is 9.98. The number of anilines is 2. The summed E-state index contributed by atoms with van der Waals surface area (Å²) in [5.74, 6) is 1.69. The molecule has 1 aromatic heterocycles. The summed E-state index contributed by atoms with van der Waals surface area (Å²) >= 11 is 0. The maximum atomic E-state index is 14.0. The minimum absolute atomic E-state index is 0.0161. The van der Waals surface area contributed by atoms with Crippen molar-refractivity contribution in [3.05, 3.63) is 77.4 Å². The van der Waals surface area contributed by atoms with Gasteiger partial charge in [0, 0.05) is 17.3 Å². The van der Waals surface area contributed by atoms with Crippen molar-refractivity contribution in [1.29, 1.82) is 0 Å². The molecule has 2 N–H and O–H groups in total. The Bertz CT molecular complexity index is 1340. The first kappa shape index (κ1) is 17.8. The summed E-state index contributed by atoms with van der Waals surface area (Å²) in [5.41, 5.74) is 9.24. The van der Waals surface area contributed by atoms with Crippen LogP contribution in [0.4, 0.5) is 11.5 Å². The number of carbonyl (C=O) groups is 1. The number of amides is 1. The van der Waals surface area contributed by atoms with Crippen LogP contribution in [0.3, 0.4) is 0 Å². The minimum atomic E-state index is -0.920. The summed E-state index contributed by atoms with van der Waals surface area (Å²) in [6.45, 7) is 0.686. The van der Waals surface area contributed by atoms with Crippen molar-refractivity contribution >= 4 is 28.4 Å². The van der Waals surface area contributed by atoms with Gasteiger partial charge in [0.15, 0.2) is 11.4 Å². The number of para-hydroxylation sites is 1. The van der Waals surface area contributed by atoms with Crippen molar-refractivity contribution in [2.45, 2.75) is 12.0 Å². The molecule has 0 aliphatic carbocycles. The van der Waals surface area contributed by atoms with Gasteiger partial charge in [-0.15, -0.1) is 0 Å². The number of ether oxygens (including phenoxy) is 2. The zero-order valence-corrected chi connectivity index (χ0v) is 16.8. The van der Waals surface area contributed by atoms with E-state index >= 15 is 0 Å². The summed E-state index contributed by atoms with van der Waals surface area (Å²) in [7, 11) is 1.63. The van der Waals surface area contributed by atoms with Crippen LogP contribution in [-0.4, -0.2) is 24.8 Å². The highest BCUT2D eigenvalue weighted by Gasteiger charge is 2.57. The molecule has 1 spiro atoms. The van der Waals surface area contributed by atoms with Crippen molar-refractivity contribution < 1.29 is 18.8 Å². The number of nitrogens with two attached hydrogens (primary N) is 1. The number of methoxy groups -OCH3 is 1. The molecule has 3 heterocycles. The van der Waals surface area contributed by atoms with Gasteiger partial charge in [0.2, 0.25) is 5.91 Å². The lowest BCUT2D eigenvalue weighted by atomic mass is 9.77. The lowest BCUT2D eigenvalue weighted by Gasteiger charge is -2.23. The number of nitrogen functional groups attached to an aromatic ring is 1. The number of hydrogen-bond acceptors (Lipinski definition) is 6. The highest BCUT2D eigenvalue weighted by Crippen LogP contribution is 2.53. The van der Waals surface area contributed by atoms with E-state index in [1.807, 2.05) is 59.5 Å². The summed E-state index contributed by atoms with van der Waals surface area (Å²) in [4.78, 5) is 15.8. The number of carbonyl (C=O) groups excluding carboxylic acids is 1. The third-order valence-electron chi connectivity index (χ3n) is 6.27. The van der Waals surface area contributed by atoms with E-state index in [0.717, 1.165) is 28.1 Å². The van der Waals surface area contributed by atoms with Crippen LogP contribution in [-0.2, 0) is 16.8 Å². The molecular weight excluding hydrogens is 394 g/mol. The van der Waals surface area contributed by atoms with E-state index in [2.05, 4.69) is 5.16 Å². The van der Waals surface area contributed by atoms with Crippen LogP contribution in [0.25, 0.3) is 11.0 Å².